The fourth-order valence-electron chi connectivity index (χ4n) is 2.31. The maximum atomic E-state index is 12.0. The van der Waals surface area contributed by atoms with Crippen LogP contribution in [0.5, 0.6) is 0 Å². The van der Waals surface area contributed by atoms with Crippen molar-refractivity contribution < 1.29 is 4.79 Å². The number of piperidine rings is 1. The average molecular weight is 264 g/mol. The lowest BCUT2D eigenvalue weighted by atomic mass is 9.96. The maximum Gasteiger partial charge on any atom is 0.317 e. The number of carbonyl (C=O) groups is 1. The molecule has 2 amide bonds. The van der Waals surface area contributed by atoms with Gasteiger partial charge in [-0.05, 0) is 18.3 Å². The van der Waals surface area contributed by atoms with E-state index in [9.17, 15) is 4.79 Å². The molecule has 1 saturated heterocycles. The number of carbonyl (C=O) groups excluding carboxylic acids is 1. The molecule has 2 rings (SSSR count). The van der Waals surface area contributed by atoms with Crippen LogP contribution >= 0.6 is 0 Å². The van der Waals surface area contributed by atoms with Gasteiger partial charge in [-0.2, -0.15) is 0 Å². The average Bonchev–Trinajstić information content (AvgIpc) is 2.89. The summed E-state index contributed by atoms with van der Waals surface area (Å²) in [7, 11) is 0. The minimum absolute atomic E-state index is 0.0628. The van der Waals surface area contributed by atoms with E-state index in [-0.39, 0.29) is 11.4 Å². The first kappa shape index (κ1) is 13.9. The summed E-state index contributed by atoms with van der Waals surface area (Å²) in [6, 6.07) is 0.0628. The highest BCUT2D eigenvalue weighted by molar-refractivity contribution is 5.74. The molecule has 2 N–H and O–H groups in total. The molecule has 1 aliphatic heterocycles. The van der Waals surface area contributed by atoms with Crippen molar-refractivity contribution in [1.29, 1.82) is 0 Å². The van der Waals surface area contributed by atoms with Crippen molar-refractivity contribution in [1.82, 2.24) is 20.2 Å². The Morgan fingerprint density at radius 3 is 2.68 bits per heavy atom. The van der Waals surface area contributed by atoms with Gasteiger partial charge < -0.3 is 15.2 Å². The molecule has 0 aliphatic carbocycles. The highest BCUT2D eigenvalue weighted by Crippen LogP contribution is 2.25. The quantitative estimate of drug-likeness (QED) is 0.861. The van der Waals surface area contributed by atoms with E-state index in [1.807, 2.05) is 11.1 Å². The summed E-state index contributed by atoms with van der Waals surface area (Å²) in [6.07, 6.45) is 5.61. The highest BCUT2D eigenvalue weighted by atomic mass is 16.2. The van der Waals surface area contributed by atoms with Gasteiger partial charge in [-0.15, -0.1) is 0 Å². The number of aromatic amines is 1. The molecule has 0 atom stereocenters. The molecule has 0 unspecified atom stereocenters. The molecule has 0 bridgehead atoms. The second-order valence-corrected chi connectivity index (χ2v) is 6.46. The third kappa shape index (κ3) is 3.98. The predicted molar refractivity (Wildman–Crippen MR) is 75.0 cm³/mol. The molecular weight excluding hydrogens is 240 g/mol. The zero-order valence-electron chi connectivity index (χ0n) is 12.1. The normalized spacial score (nSPS) is 17.5. The largest absolute Gasteiger partial charge is 0.348 e. The van der Waals surface area contributed by atoms with Gasteiger partial charge in [0.1, 0.15) is 5.82 Å². The number of hydrogen-bond donors (Lipinski definition) is 2. The zero-order chi connectivity index (χ0) is 13.9. The summed E-state index contributed by atoms with van der Waals surface area (Å²) < 4.78 is 0. The lowest BCUT2D eigenvalue weighted by Crippen LogP contribution is -2.46. The Balaban J connectivity index is 1.78. The lowest BCUT2D eigenvalue weighted by Gasteiger charge is -2.32. The van der Waals surface area contributed by atoms with Crippen LogP contribution in [0.4, 0.5) is 4.79 Å². The first-order valence-electron chi connectivity index (χ1n) is 6.98. The number of H-pyrrole nitrogens is 1. The molecule has 5 heteroatoms. The topological polar surface area (TPSA) is 61.0 Å². The van der Waals surface area contributed by atoms with Gasteiger partial charge in [-0.1, -0.05) is 20.8 Å². The summed E-state index contributed by atoms with van der Waals surface area (Å²) >= 11 is 0. The molecule has 2 heterocycles. The lowest BCUT2D eigenvalue weighted by molar-refractivity contribution is 0.176. The van der Waals surface area contributed by atoms with Crippen LogP contribution in [0.1, 0.15) is 45.4 Å². The molecule has 0 saturated carbocycles. The molecule has 0 spiro atoms. The maximum absolute atomic E-state index is 12.0. The second-order valence-electron chi connectivity index (χ2n) is 6.46. The summed E-state index contributed by atoms with van der Waals surface area (Å²) in [5.74, 6) is 1.51. The van der Waals surface area contributed by atoms with E-state index in [1.165, 1.54) is 0 Å². The molecule has 106 valence electrons. The number of nitrogens with zero attached hydrogens (tertiary/aromatic N) is 2. The van der Waals surface area contributed by atoms with Gasteiger partial charge in [0.25, 0.3) is 0 Å². The third-order valence-corrected chi connectivity index (χ3v) is 3.46. The summed E-state index contributed by atoms with van der Waals surface area (Å²) in [6.45, 7) is 8.69. The predicted octanol–water partition coefficient (Wildman–Crippen LogP) is 2.34. The Morgan fingerprint density at radius 2 is 2.16 bits per heavy atom. The van der Waals surface area contributed by atoms with E-state index in [0.717, 1.165) is 31.8 Å². The molecule has 1 fully saturated rings. The molecule has 0 radical (unpaired) electrons. The van der Waals surface area contributed by atoms with Crippen LogP contribution in [0.15, 0.2) is 12.4 Å². The van der Waals surface area contributed by atoms with E-state index in [2.05, 4.69) is 36.1 Å². The first-order chi connectivity index (χ1) is 8.96. The zero-order valence-corrected chi connectivity index (χ0v) is 12.1. The van der Waals surface area contributed by atoms with Crippen LogP contribution in [0, 0.1) is 5.41 Å². The van der Waals surface area contributed by atoms with Gasteiger partial charge >= 0.3 is 6.03 Å². The molecule has 0 aromatic carbocycles. The molecule has 1 aliphatic rings. The van der Waals surface area contributed by atoms with Gasteiger partial charge in [0.15, 0.2) is 0 Å². The second kappa shape index (κ2) is 5.63. The minimum atomic E-state index is 0.0628. The Hall–Kier alpha value is -1.52. The molecule has 1 aromatic rings. The van der Waals surface area contributed by atoms with Gasteiger partial charge in [-0.25, -0.2) is 9.78 Å². The fourth-order valence-corrected chi connectivity index (χ4v) is 2.31. The van der Waals surface area contributed by atoms with Crippen LogP contribution in [-0.2, 0) is 0 Å². The van der Waals surface area contributed by atoms with Crippen molar-refractivity contribution in [2.24, 2.45) is 5.41 Å². The monoisotopic (exact) mass is 264 g/mol. The van der Waals surface area contributed by atoms with Gasteiger partial charge in [0.05, 0.1) is 0 Å². The number of urea groups is 1. The van der Waals surface area contributed by atoms with E-state index < -0.39 is 0 Å². The number of likely N-dealkylation sites (tertiary alicyclic amines) is 1. The summed E-state index contributed by atoms with van der Waals surface area (Å²) in [5.41, 5.74) is 0.127. The smallest absolute Gasteiger partial charge is 0.317 e. The van der Waals surface area contributed by atoms with Crippen molar-refractivity contribution >= 4 is 6.03 Å². The number of aromatic nitrogens is 2. The standard InChI is InChI=1S/C14H24N4O/c1-14(2,3)10-17-13(19)18-8-4-11(5-9-18)12-15-6-7-16-12/h6-7,11H,4-5,8-10H2,1-3H3,(H,15,16)(H,17,19). The number of imidazole rings is 1. The van der Waals surface area contributed by atoms with Gasteiger partial charge in [-0.3, -0.25) is 0 Å². The SMILES string of the molecule is CC(C)(C)CNC(=O)N1CCC(c2ncc[nH]2)CC1. The minimum Gasteiger partial charge on any atom is -0.348 e. The Kier molecular flexibility index (Phi) is 4.12. The van der Waals surface area contributed by atoms with Crippen molar-refractivity contribution in [3.05, 3.63) is 18.2 Å². The third-order valence-electron chi connectivity index (χ3n) is 3.46. The van der Waals surface area contributed by atoms with Crippen LogP contribution in [0.25, 0.3) is 0 Å². The number of amides is 2. The number of nitrogens with one attached hydrogen (secondary N) is 2. The van der Waals surface area contributed by atoms with Crippen molar-refractivity contribution in [3.63, 3.8) is 0 Å². The van der Waals surface area contributed by atoms with Crippen LogP contribution in [0.3, 0.4) is 0 Å². The van der Waals surface area contributed by atoms with Crippen LogP contribution in [0.2, 0.25) is 0 Å². The van der Waals surface area contributed by atoms with Crippen LogP contribution < -0.4 is 5.32 Å². The fraction of sp³-hybridized carbons (Fsp3) is 0.714. The Labute approximate surface area is 114 Å². The number of hydrogen-bond acceptors (Lipinski definition) is 2. The summed E-state index contributed by atoms with van der Waals surface area (Å²) in [4.78, 5) is 21.4. The molecule has 19 heavy (non-hydrogen) atoms. The molecule has 5 nitrogen and oxygen atoms in total. The van der Waals surface area contributed by atoms with E-state index in [1.54, 1.807) is 6.20 Å². The molecular formula is C14H24N4O. The van der Waals surface area contributed by atoms with Crippen molar-refractivity contribution in [3.8, 4) is 0 Å². The number of rotatable bonds is 2. The van der Waals surface area contributed by atoms with Crippen molar-refractivity contribution in [2.45, 2.75) is 39.5 Å². The van der Waals surface area contributed by atoms with Gasteiger partial charge in [0.2, 0.25) is 0 Å². The van der Waals surface area contributed by atoms with Crippen LogP contribution in [-0.4, -0.2) is 40.5 Å². The van der Waals surface area contributed by atoms with Gasteiger partial charge in [0, 0.05) is 37.9 Å². The van der Waals surface area contributed by atoms with Crippen molar-refractivity contribution in [2.75, 3.05) is 19.6 Å². The highest BCUT2D eigenvalue weighted by Gasteiger charge is 2.25. The summed E-state index contributed by atoms with van der Waals surface area (Å²) in [5, 5.41) is 3.01. The Bertz CT molecular complexity index is 400. The van der Waals surface area contributed by atoms with E-state index in [4.69, 9.17) is 0 Å². The first-order valence-corrected chi connectivity index (χ1v) is 6.98. The Morgan fingerprint density at radius 1 is 1.47 bits per heavy atom. The van der Waals surface area contributed by atoms with E-state index in [0.29, 0.717) is 12.5 Å². The molecule has 1 aromatic heterocycles. The van der Waals surface area contributed by atoms with E-state index >= 15 is 0 Å².